The van der Waals surface area contributed by atoms with Gasteiger partial charge in [-0.2, -0.15) is 0 Å². The third kappa shape index (κ3) is 3.56. The van der Waals surface area contributed by atoms with Crippen LogP contribution >= 0.6 is 5.51 Å². The molecule has 6 rings (SSSR count). The maximum atomic E-state index is 4.73. The zero-order chi connectivity index (χ0) is 23.0. The van der Waals surface area contributed by atoms with Gasteiger partial charge in [-0.15, -0.1) is 0 Å². The molecular formula is C31H22NPSe. The van der Waals surface area contributed by atoms with Crippen LogP contribution in [-0.2, 0) is 0 Å². The molecule has 1 nitrogen and oxygen atoms in total. The molecule has 1 heterocycles. The molecule has 0 aliphatic rings. The fourth-order valence-corrected chi connectivity index (χ4v) is 9.67. The predicted molar refractivity (Wildman–Crippen MR) is 149 cm³/mol. The van der Waals surface area contributed by atoms with Gasteiger partial charge in [0, 0.05) is 0 Å². The predicted octanol–water partition coefficient (Wildman–Crippen LogP) is 6.43. The molecule has 0 saturated carbocycles. The van der Waals surface area contributed by atoms with Gasteiger partial charge in [-0.3, -0.25) is 0 Å². The van der Waals surface area contributed by atoms with Gasteiger partial charge in [-0.05, 0) is 0 Å². The van der Waals surface area contributed by atoms with E-state index in [0.717, 1.165) is 5.52 Å². The minimum atomic E-state index is -1.86. The van der Waals surface area contributed by atoms with Crippen molar-refractivity contribution in [3.05, 3.63) is 134 Å². The van der Waals surface area contributed by atoms with Crippen LogP contribution in [0, 0.1) is 0 Å². The molecule has 0 aliphatic carbocycles. The molecule has 0 atom stereocenters. The fraction of sp³-hybridized carbons (Fsp3) is 0. The summed E-state index contributed by atoms with van der Waals surface area (Å²) in [7, 11) is 0. The summed E-state index contributed by atoms with van der Waals surface area (Å²) in [5.74, 6) is 0. The second-order valence-electron chi connectivity index (χ2n) is 8.37. The molecule has 34 heavy (non-hydrogen) atoms. The summed E-state index contributed by atoms with van der Waals surface area (Å²) in [4.78, 5) is 4.73. The summed E-state index contributed by atoms with van der Waals surface area (Å²) < 4.78 is 0. The molecule has 162 valence electrons. The number of rotatable bonds is 4. The fourth-order valence-electron chi connectivity index (χ4n) is 4.72. The molecule has 0 bridgehead atoms. The van der Waals surface area contributed by atoms with Crippen molar-refractivity contribution in [3.63, 3.8) is 0 Å². The first kappa shape index (κ1) is 21.3. The molecule has 0 saturated heterocycles. The first-order valence-electron chi connectivity index (χ1n) is 11.3. The van der Waals surface area contributed by atoms with Crippen LogP contribution < -0.4 is 15.9 Å². The van der Waals surface area contributed by atoms with Crippen LogP contribution in [0.1, 0.15) is 0 Å². The van der Waals surface area contributed by atoms with E-state index in [0.29, 0.717) is 0 Å². The molecule has 0 unspecified atom stereocenters. The monoisotopic (exact) mass is 519 g/mol. The van der Waals surface area contributed by atoms with Gasteiger partial charge in [0.05, 0.1) is 0 Å². The Kier molecular flexibility index (Phi) is 5.52. The van der Waals surface area contributed by atoms with Gasteiger partial charge in [-0.25, -0.2) is 0 Å². The van der Waals surface area contributed by atoms with Crippen molar-refractivity contribution in [2.75, 3.05) is 0 Å². The molecule has 3 heteroatoms. The van der Waals surface area contributed by atoms with Gasteiger partial charge in [-0.1, -0.05) is 0 Å². The first-order valence-corrected chi connectivity index (χ1v) is 15.3. The third-order valence-corrected chi connectivity index (χ3v) is 13.5. The molecule has 1 aromatic heterocycles. The molecule has 0 radical (unpaired) electrons. The number of aromatic nitrogens is 1. The van der Waals surface area contributed by atoms with Gasteiger partial charge in [0.25, 0.3) is 0 Å². The summed E-state index contributed by atoms with van der Waals surface area (Å²) in [5.41, 5.74) is 1.62. The summed E-state index contributed by atoms with van der Waals surface area (Å²) in [6.07, 6.45) is 1.88. The number of pyridine rings is 1. The number of benzene rings is 5. The summed E-state index contributed by atoms with van der Waals surface area (Å²) in [5, 5.41) is 7.61. The molecule has 0 fully saturated rings. The van der Waals surface area contributed by atoms with Gasteiger partial charge in [0.15, 0.2) is 0 Å². The molecule has 6 aromatic rings. The Balaban J connectivity index is 1.53. The SMILES string of the molecule is [Se]=P(c1ccccc1)(c1ccccc1)c1ccc(-c2cc3ccccc3c3ncccc23)cc1. The van der Waals surface area contributed by atoms with Crippen LogP contribution in [0.5, 0.6) is 0 Å². The molecule has 5 aromatic carbocycles. The second-order valence-corrected chi connectivity index (χ2v) is 14.6. The minimum absolute atomic E-state index is 1.05. The van der Waals surface area contributed by atoms with Crippen molar-refractivity contribution < 1.29 is 0 Å². The van der Waals surface area contributed by atoms with Gasteiger partial charge >= 0.3 is 208 Å². The second kappa shape index (κ2) is 8.82. The third-order valence-electron chi connectivity index (χ3n) is 6.40. The van der Waals surface area contributed by atoms with E-state index in [1.807, 2.05) is 12.3 Å². The van der Waals surface area contributed by atoms with Gasteiger partial charge in [0.1, 0.15) is 0 Å². The van der Waals surface area contributed by atoms with Crippen molar-refractivity contribution in [3.8, 4) is 11.1 Å². The average Bonchev–Trinajstić information content (AvgIpc) is 2.93. The Hall–Kier alpha value is -3.28. The Morgan fingerprint density at radius 3 is 1.76 bits per heavy atom. The van der Waals surface area contributed by atoms with E-state index in [-0.39, 0.29) is 0 Å². The van der Waals surface area contributed by atoms with Crippen LogP contribution in [-0.4, -0.2) is 20.1 Å². The van der Waals surface area contributed by atoms with Gasteiger partial charge in [0.2, 0.25) is 0 Å². The summed E-state index contributed by atoms with van der Waals surface area (Å²) in [6, 6.07) is 45.8. The molecular weight excluding hydrogens is 496 g/mol. The first-order chi connectivity index (χ1) is 16.7. The van der Waals surface area contributed by atoms with E-state index in [4.69, 9.17) is 4.98 Å². The number of nitrogens with zero attached hydrogens (tertiary/aromatic N) is 1. The average molecular weight is 518 g/mol. The Labute approximate surface area is 207 Å². The van der Waals surface area contributed by atoms with Crippen molar-refractivity contribution in [2.45, 2.75) is 0 Å². The Morgan fingerprint density at radius 1 is 0.529 bits per heavy atom. The Bertz CT molecular complexity index is 1620. The van der Waals surface area contributed by atoms with E-state index in [1.165, 1.54) is 43.2 Å². The van der Waals surface area contributed by atoms with Crippen LogP contribution in [0.4, 0.5) is 0 Å². The van der Waals surface area contributed by atoms with Crippen LogP contribution in [0.15, 0.2) is 134 Å². The van der Waals surface area contributed by atoms with Crippen LogP contribution in [0.25, 0.3) is 32.8 Å². The van der Waals surface area contributed by atoms with Gasteiger partial charge < -0.3 is 0 Å². The molecule has 0 spiro atoms. The van der Waals surface area contributed by atoms with Crippen molar-refractivity contribution >= 4 is 58.2 Å². The number of fused-ring (bicyclic) bond motifs is 3. The van der Waals surface area contributed by atoms with Crippen molar-refractivity contribution in [1.82, 2.24) is 4.98 Å². The summed E-state index contributed by atoms with van der Waals surface area (Å²) in [6.45, 7) is 0. The van der Waals surface area contributed by atoms with E-state index < -0.39 is 5.51 Å². The van der Waals surface area contributed by atoms with E-state index >= 15 is 0 Å². The zero-order valence-electron chi connectivity index (χ0n) is 18.5. The number of hydrogen-bond acceptors (Lipinski definition) is 1. The zero-order valence-corrected chi connectivity index (χ0v) is 21.1. The normalized spacial score (nSPS) is 11.6. The quantitative estimate of drug-likeness (QED) is 0.149. The topological polar surface area (TPSA) is 12.9 Å². The van der Waals surface area contributed by atoms with Crippen LogP contribution in [0.2, 0.25) is 0 Å². The van der Waals surface area contributed by atoms with E-state index in [2.05, 4.69) is 136 Å². The molecule has 0 N–H and O–H groups in total. The van der Waals surface area contributed by atoms with E-state index in [1.54, 1.807) is 0 Å². The molecule has 0 aliphatic heterocycles. The standard InChI is InChI=1S/C31H22NPSe/c34-33(25-11-3-1-4-12-25,26-13-5-2-6-14-26)27-19-17-23(18-20-27)30-22-24-10-7-8-15-28(24)31-29(30)16-9-21-32-31/h1-22H. The maximum absolute atomic E-state index is 4.73. The number of hydrogen-bond donors (Lipinski definition) is 0. The Morgan fingerprint density at radius 2 is 1.09 bits per heavy atom. The van der Waals surface area contributed by atoms with Crippen molar-refractivity contribution in [1.29, 1.82) is 0 Å². The molecule has 0 amide bonds. The van der Waals surface area contributed by atoms with Crippen molar-refractivity contribution in [2.24, 2.45) is 0 Å². The van der Waals surface area contributed by atoms with Crippen LogP contribution in [0.3, 0.4) is 0 Å². The van der Waals surface area contributed by atoms with E-state index in [9.17, 15) is 0 Å². The summed E-state index contributed by atoms with van der Waals surface area (Å²) >= 11 is 3.65.